The second-order valence-electron chi connectivity index (χ2n) is 7.03. The van der Waals surface area contributed by atoms with Crippen molar-refractivity contribution in [2.45, 2.75) is 25.9 Å². The van der Waals surface area contributed by atoms with E-state index in [1.807, 2.05) is 13.0 Å². The molecule has 2 heterocycles. The summed E-state index contributed by atoms with van der Waals surface area (Å²) in [6.07, 6.45) is 1.65. The van der Waals surface area contributed by atoms with Crippen molar-refractivity contribution in [2.24, 2.45) is 0 Å². The monoisotopic (exact) mass is 398 g/mol. The number of carbonyl (C=O) groups is 3. The first kappa shape index (κ1) is 18.7. The number of aryl methyl sites for hydroxylation is 1. The largest absolute Gasteiger partial charge is 0.376 e. The molecule has 2 aromatic rings. The Morgan fingerprint density at radius 1 is 1.18 bits per heavy atom. The highest BCUT2D eigenvalue weighted by Crippen LogP contribution is 2.27. The van der Waals surface area contributed by atoms with Gasteiger partial charge in [0.15, 0.2) is 0 Å². The zero-order chi connectivity index (χ0) is 19.8. The number of halogens is 1. The predicted molar refractivity (Wildman–Crippen MR) is 105 cm³/mol. The number of benzene rings is 2. The smallest absolute Gasteiger partial charge is 0.261 e. The minimum Gasteiger partial charge on any atom is -0.376 e. The van der Waals surface area contributed by atoms with Crippen molar-refractivity contribution in [1.29, 1.82) is 0 Å². The minimum absolute atomic E-state index is 0.115. The fraction of sp³-hybridized carbons (Fsp3) is 0.286. The Morgan fingerprint density at radius 3 is 2.71 bits per heavy atom. The van der Waals surface area contributed by atoms with Gasteiger partial charge in [-0.05, 0) is 55.7 Å². The molecule has 0 radical (unpaired) electrons. The molecule has 6 nitrogen and oxygen atoms in total. The standard InChI is InChI=1S/C21H19ClN2O4/c1-12-4-6-14(22)10-18(12)23-19(25)13-5-7-16-17(9-13)21(27)24(20(16)26)11-15-3-2-8-28-15/h4-7,9-10,15H,2-3,8,11H2,1H3,(H,23,25). The van der Waals surface area contributed by atoms with Gasteiger partial charge in [-0.2, -0.15) is 0 Å². The Balaban J connectivity index is 1.55. The van der Waals surface area contributed by atoms with Crippen LogP contribution >= 0.6 is 11.6 Å². The van der Waals surface area contributed by atoms with E-state index in [4.69, 9.17) is 16.3 Å². The maximum atomic E-state index is 12.7. The van der Waals surface area contributed by atoms with Crippen LogP contribution in [0.2, 0.25) is 5.02 Å². The van der Waals surface area contributed by atoms with E-state index in [9.17, 15) is 14.4 Å². The van der Waals surface area contributed by atoms with Crippen molar-refractivity contribution in [3.8, 4) is 0 Å². The van der Waals surface area contributed by atoms with Crippen LogP contribution in [0.3, 0.4) is 0 Å². The number of hydrogen-bond donors (Lipinski definition) is 1. The summed E-state index contributed by atoms with van der Waals surface area (Å²) in [4.78, 5) is 39.2. The van der Waals surface area contributed by atoms with Gasteiger partial charge in [0, 0.05) is 22.9 Å². The van der Waals surface area contributed by atoms with Crippen LogP contribution in [-0.2, 0) is 4.74 Å². The lowest BCUT2D eigenvalue weighted by atomic mass is 10.0. The molecule has 1 unspecified atom stereocenters. The van der Waals surface area contributed by atoms with Crippen molar-refractivity contribution in [1.82, 2.24) is 4.90 Å². The van der Waals surface area contributed by atoms with Crippen molar-refractivity contribution in [2.75, 3.05) is 18.5 Å². The normalized spacial score (nSPS) is 18.5. The number of carbonyl (C=O) groups excluding carboxylic acids is 3. The molecule has 0 saturated carbocycles. The van der Waals surface area contributed by atoms with Gasteiger partial charge in [-0.25, -0.2) is 0 Å². The minimum atomic E-state index is -0.385. The van der Waals surface area contributed by atoms with Gasteiger partial charge < -0.3 is 10.1 Å². The van der Waals surface area contributed by atoms with E-state index in [2.05, 4.69) is 5.32 Å². The third-order valence-corrected chi connectivity index (χ3v) is 5.33. The Labute approximate surface area is 167 Å². The number of rotatable bonds is 4. The van der Waals surface area contributed by atoms with Crippen molar-refractivity contribution >= 4 is 35.0 Å². The van der Waals surface area contributed by atoms with Gasteiger partial charge in [0.25, 0.3) is 17.7 Å². The summed E-state index contributed by atoms with van der Waals surface area (Å²) in [6, 6.07) is 9.78. The number of anilines is 1. The molecular weight excluding hydrogens is 380 g/mol. The zero-order valence-electron chi connectivity index (χ0n) is 15.3. The van der Waals surface area contributed by atoms with Crippen LogP contribution in [0.4, 0.5) is 5.69 Å². The average Bonchev–Trinajstić information content (AvgIpc) is 3.27. The van der Waals surface area contributed by atoms with Gasteiger partial charge in [-0.1, -0.05) is 17.7 Å². The number of nitrogens with one attached hydrogen (secondary N) is 1. The van der Waals surface area contributed by atoms with Crippen LogP contribution in [0.15, 0.2) is 36.4 Å². The van der Waals surface area contributed by atoms with Gasteiger partial charge in [0.1, 0.15) is 0 Å². The Bertz CT molecular complexity index is 982. The molecule has 1 N–H and O–H groups in total. The quantitative estimate of drug-likeness (QED) is 0.797. The summed E-state index contributed by atoms with van der Waals surface area (Å²) in [5.74, 6) is -1.09. The molecule has 1 fully saturated rings. The third-order valence-electron chi connectivity index (χ3n) is 5.09. The molecule has 4 rings (SSSR count). The summed E-state index contributed by atoms with van der Waals surface area (Å²) in [5, 5.41) is 3.32. The lowest BCUT2D eigenvalue weighted by molar-refractivity contribution is 0.0475. The molecular formula is C21H19ClN2O4. The molecule has 2 aliphatic rings. The van der Waals surface area contributed by atoms with Crippen molar-refractivity contribution in [3.63, 3.8) is 0 Å². The van der Waals surface area contributed by atoms with E-state index < -0.39 is 0 Å². The second kappa shape index (κ2) is 7.37. The van der Waals surface area contributed by atoms with Gasteiger partial charge >= 0.3 is 0 Å². The third kappa shape index (κ3) is 3.41. The number of nitrogens with zero attached hydrogens (tertiary/aromatic N) is 1. The maximum absolute atomic E-state index is 12.7. The lowest BCUT2D eigenvalue weighted by Gasteiger charge is -2.17. The summed E-state index contributed by atoms with van der Waals surface area (Å²) in [7, 11) is 0. The summed E-state index contributed by atoms with van der Waals surface area (Å²) >= 11 is 5.99. The lowest BCUT2D eigenvalue weighted by Crippen LogP contribution is -2.36. The fourth-order valence-electron chi connectivity index (χ4n) is 3.51. The zero-order valence-corrected chi connectivity index (χ0v) is 16.1. The van der Waals surface area contributed by atoms with Crippen LogP contribution in [-0.4, -0.2) is 41.9 Å². The molecule has 144 valence electrons. The molecule has 0 bridgehead atoms. The maximum Gasteiger partial charge on any atom is 0.261 e. The molecule has 1 saturated heterocycles. The highest BCUT2D eigenvalue weighted by molar-refractivity contribution is 6.31. The van der Waals surface area contributed by atoms with E-state index in [1.165, 1.54) is 17.0 Å². The highest BCUT2D eigenvalue weighted by atomic mass is 35.5. The molecule has 2 aromatic carbocycles. The number of hydrogen-bond acceptors (Lipinski definition) is 4. The molecule has 2 aliphatic heterocycles. The Kier molecular flexibility index (Phi) is 4.91. The Morgan fingerprint density at radius 2 is 1.96 bits per heavy atom. The van der Waals surface area contributed by atoms with Crippen LogP contribution in [0.5, 0.6) is 0 Å². The number of amides is 3. The van der Waals surface area contributed by atoms with Gasteiger partial charge in [0.2, 0.25) is 0 Å². The van der Waals surface area contributed by atoms with Gasteiger partial charge in [-0.3, -0.25) is 19.3 Å². The highest BCUT2D eigenvalue weighted by Gasteiger charge is 2.37. The van der Waals surface area contributed by atoms with Crippen LogP contribution in [0.1, 0.15) is 49.5 Å². The topological polar surface area (TPSA) is 75.7 Å². The summed E-state index contributed by atoms with van der Waals surface area (Å²) < 4.78 is 5.54. The van der Waals surface area contributed by atoms with Gasteiger partial charge in [-0.15, -0.1) is 0 Å². The molecule has 0 aromatic heterocycles. The average molecular weight is 399 g/mol. The molecule has 7 heteroatoms. The number of ether oxygens (including phenoxy) is 1. The summed E-state index contributed by atoms with van der Waals surface area (Å²) in [6.45, 7) is 2.76. The van der Waals surface area contributed by atoms with E-state index in [0.717, 1.165) is 18.4 Å². The number of imide groups is 1. The van der Waals surface area contributed by atoms with E-state index in [-0.39, 0.29) is 35.9 Å². The fourth-order valence-corrected chi connectivity index (χ4v) is 3.69. The van der Waals surface area contributed by atoms with Crippen molar-refractivity contribution < 1.29 is 19.1 Å². The van der Waals surface area contributed by atoms with Gasteiger partial charge in [0.05, 0.1) is 23.8 Å². The van der Waals surface area contributed by atoms with E-state index in [1.54, 1.807) is 18.2 Å². The van der Waals surface area contributed by atoms with Crippen LogP contribution < -0.4 is 5.32 Å². The first-order valence-corrected chi connectivity index (χ1v) is 9.51. The second-order valence-corrected chi connectivity index (χ2v) is 7.47. The molecule has 1 atom stereocenters. The Hall–Kier alpha value is -2.70. The van der Waals surface area contributed by atoms with Crippen LogP contribution in [0.25, 0.3) is 0 Å². The number of fused-ring (bicyclic) bond motifs is 1. The van der Waals surface area contributed by atoms with Crippen molar-refractivity contribution in [3.05, 3.63) is 63.7 Å². The predicted octanol–water partition coefficient (Wildman–Crippen LogP) is 3.68. The van der Waals surface area contributed by atoms with Crippen LogP contribution in [0, 0.1) is 6.92 Å². The SMILES string of the molecule is Cc1ccc(Cl)cc1NC(=O)c1ccc2c(c1)C(=O)N(CC1CCCO1)C2=O. The molecule has 28 heavy (non-hydrogen) atoms. The first-order valence-electron chi connectivity index (χ1n) is 9.13. The first-order chi connectivity index (χ1) is 13.4. The molecule has 0 aliphatic carbocycles. The molecule has 3 amide bonds. The molecule has 0 spiro atoms. The van der Waals surface area contributed by atoms with E-state index >= 15 is 0 Å². The summed E-state index contributed by atoms with van der Waals surface area (Å²) in [5.41, 5.74) is 2.34. The van der Waals surface area contributed by atoms with E-state index in [0.29, 0.717) is 28.4 Å².